The average molecular weight is 266 g/mol. The van der Waals surface area contributed by atoms with Crippen LogP contribution >= 0.6 is 0 Å². The van der Waals surface area contributed by atoms with Gasteiger partial charge in [0.15, 0.2) is 6.10 Å². The predicted octanol–water partition coefficient (Wildman–Crippen LogP) is 2.63. The lowest BCUT2D eigenvalue weighted by Gasteiger charge is -2.21. The summed E-state index contributed by atoms with van der Waals surface area (Å²) in [6.07, 6.45) is 0.409. The van der Waals surface area contributed by atoms with Crippen molar-refractivity contribution in [2.24, 2.45) is 0 Å². The Labute approximate surface area is 114 Å². The molecule has 0 aliphatic rings. The average Bonchev–Trinajstić information content (AvgIpc) is 2.29. The van der Waals surface area contributed by atoms with Crippen LogP contribution in [-0.2, 0) is 11.2 Å². The van der Waals surface area contributed by atoms with Gasteiger partial charge in [0.1, 0.15) is 11.4 Å². The second-order valence-corrected chi connectivity index (χ2v) is 5.60. The number of carboxylic acids is 1. The summed E-state index contributed by atoms with van der Waals surface area (Å²) in [6.45, 7) is 5.98. The minimum atomic E-state index is -1.26. The molecule has 0 spiro atoms. The van der Waals surface area contributed by atoms with Crippen molar-refractivity contribution >= 4 is 5.97 Å². The van der Waals surface area contributed by atoms with Crippen molar-refractivity contribution < 1.29 is 19.7 Å². The van der Waals surface area contributed by atoms with Crippen LogP contribution in [0.15, 0.2) is 24.3 Å². The van der Waals surface area contributed by atoms with Crippen LogP contribution in [0, 0.1) is 0 Å². The number of aliphatic hydroxyl groups is 1. The third-order valence-electron chi connectivity index (χ3n) is 2.58. The van der Waals surface area contributed by atoms with Crippen LogP contribution in [0.5, 0.6) is 5.75 Å². The van der Waals surface area contributed by atoms with Gasteiger partial charge >= 0.3 is 5.97 Å². The molecule has 0 unspecified atom stereocenters. The van der Waals surface area contributed by atoms with E-state index < -0.39 is 12.1 Å². The Balaban J connectivity index is 2.42. The van der Waals surface area contributed by atoms with Crippen molar-refractivity contribution in [3.05, 3.63) is 29.8 Å². The highest BCUT2D eigenvalue weighted by atomic mass is 16.5. The molecule has 19 heavy (non-hydrogen) atoms. The van der Waals surface area contributed by atoms with Gasteiger partial charge in [-0.15, -0.1) is 0 Å². The number of carbonyl (C=O) groups is 1. The molecule has 1 aromatic rings. The minimum Gasteiger partial charge on any atom is -0.488 e. The molecular formula is C15H22O4. The summed E-state index contributed by atoms with van der Waals surface area (Å²) in [5.41, 5.74) is 0.895. The SMILES string of the molecule is CC(C)(C)Oc1ccc(CCC[C@H](O)C(=O)O)cc1. The van der Waals surface area contributed by atoms with E-state index in [4.69, 9.17) is 14.9 Å². The predicted molar refractivity (Wildman–Crippen MR) is 73.4 cm³/mol. The van der Waals surface area contributed by atoms with Crippen LogP contribution in [0.1, 0.15) is 39.2 Å². The monoisotopic (exact) mass is 266 g/mol. The Hall–Kier alpha value is -1.55. The van der Waals surface area contributed by atoms with Gasteiger partial charge in [-0.1, -0.05) is 12.1 Å². The van der Waals surface area contributed by atoms with Gasteiger partial charge in [-0.2, -0.15) is 0 Å². The molecule has 0 bridgehead atoms. The molecule has 1 rings (SSSR count). The highest BCUT2D eigenvalue weighted by Crippen LogP contribution is 2.19. The minimum absolute atomic E-state index is 0.215. The first-order chi connectivity index (χ1) is 8.78. The molecule has 0 aromatic heterocycles. The third kappa shape index (κ3) is 6.25. The van der Waals surface area contributed by atoms with Crippen molar-refractivity contribution in [2.45, 2.75) is 51.7 Å². The van der Waals surface area contributed by atoms with Crippen LogP contribution in [0.3, 0.4) is 0 Å². The summed E-state index contributed by atoms with van der Waals surface area (Å²) in [5.74, 6) is -0.337. The lowest BCUT2D eigenvalue weighted by Crippen LogP contribution is -2.22. The van der Waals surface area contributed by atoms with Gasteiger partial charge < -0.3 is 14.9 Å². The summed E-state index contributed by atoms with van der Waals surface area (Å²) >= 11 is 0. The summed E-state index contributed by atoms with van der Waals surface area (Å²) in [6, 6.07) is 7.75. The number of aryl methyl sites for hydroxylation is 1. The zero-order valence-corrected chi connectivity index (χ0v) is 11.7. The highest BCUT2D eigenvalue weighted by Gasteiger charge is 2.13. The molecule has 4 nitrogen and oxygen atoms in total. The lowest BCUT2D eigenvalue weighted by atomic mass is 10.1. The second kappa shape index (κ2) is 6.57. The number of benzene rings is 1. The second-order valence-electron chi connectivity index (χ2n) is 5.60. The Morgan fingerprint density at radius 1 is 1.26 bits per heavy atom. The number of rotatable bonds is 6. The zero-order chi connectivity index (χ0) is 14.5. The first-order valence-corrected chi connectivity index (χ1v) is 6.47. The number of carboxylic acid groups (broad SMARTS) is 1. The molecular weight excluding hydrogens is 244 g/mol. The maximum Gasteiger partial charge on any atom is 0.332 e. The number of aliphatic carboxylic acids is 1. The van der Waals surface area contributed by atoms with Crippen LogP contribution < -0.4 is 4.74 Å². The molecule has 0 saturated heterocycles. The number of hydrogen-bond acceptors (Lipinski definition) is 3. The molecule has 0 radical (unpaired) electrons. The fraction of sp³-hybridized carbons (Fsp3) is 0.533. The molecule has 0 saturated carbocycles. The van der Waals surface area contributed by atoms with E-state index in [0.717, 1.165) is 17.7 Å². The number of aliphatic hydroxyl groups excluding tert-OH is 1. The normalized spacial score (nSPS) is 13.1. The Morgan fingerprint density at radius 3 is 2.32 bits per heavy atom. The van der Waals surface area contributed by atoms with Crippen LogP contribution in [0.2, 0.25) is 0 Å². The highest BCUT2D eigenvalue weighted by molar-refractivity contribution is 5.71. The quantitative estimate of drug-likeness (QED) is 0.830. The first kappa shape index (κ1) is 15.5. The largest absolute Gasteiger partial charge is 0.488 e. The lowest BCUT2D eigenvalue weighted by molar-refractivity contribution is -0.146. The van der Waals surface area contributed by atoms with Crippen molar-refractivity contribution in [3.63, 3.8) is 0 Å². The summed E-state index contributed by atoms with van der Waals surface area (Å²) in [5, 5.41) is 17.7. The van der Waals surface area contributed by atoms with E-state index in [2.05, 4.69) is 0 Å². The summed E-state index contributed by atoms with van der Waals surface area (Å²) in [7, 11) is 0. The first-order valence-electron chi connectivity index (χ1n) is 6.47. The van der Waals surface area contributed by atoms with Crippen molar-refractivity contribution in [2.75, 3.05) is 0 Å². The molecule has 1 atom stereocenters. The van der Waals surface area contributed by atoms with E-state index in [-0.39, 0.29) is 12.0 Å². The number of hydrogen-bond donors (Lipinski definition) is 2. The molecule has 0 fully saturated rings. The van der Waals surface area contributed by atoms with Crippen LogP contribution in [0.25, 0.3) is 0 Å². The topological polar surface area (TPSA) is 66.8 Å². The van der Waals surface area contributed by atoms with E-state index in [1.165, 1.54) is 0 Å². The molecule has 2 N–H and O–H groups in total. The zero-order valence-electron chi connectivity index (χ0n) is 11.7. The molecule has 0 amide bonds. The van der Waals surface area contributed by atoms with Gasteiger partial charge in [0.2, 0.25) is 0 Å². The van der Waals surface area contributed by atoms with E-state index in [9.17, 15) is 4.79 Å². The van der Waals surface area contributed by atoms with Gasteiger partial charge in [0, 0.05) is 0 Å². The Bertz CT molecular complexity index is 403. The van der Waals surface area contributed by atoms with Gasteiger partial charge in [-0.05, 0) is 57.7 Å². The maximum atomic E-state index is 10.5. The molecule has 0 heterocycles. The van der Waals surface area contributed by atoms with Crippen LogP contribution in [-0.4, -0.2) is 27.9 Å². The van der Waals surface area contributed by atoms with Crippen molar-refractivity contribution in [1.29, 1.82) is 0 Å². The van der Waals surface area contributed by atoms with Crippen molar-refractivity contribution in [3.8, 4) is 5.75 Å². The van der Waals surface area contributed by atoms with Gasteiger partial charge in [-0.3, -0.25) is 0 Å². The van der Waals surface area contributed by atoms with Gasteiger partial charge in [0.25, 0.3) is 0 Å². The van der Waals surface area contributed by atoms with E-state index in [0.29, 0.717) is 6.42 Å². The van der Waals surface area contributed by atoms with E-state index in [1.54, 1.807) is 0 Å². The summed E-state index contributed by atoms with van der Waals surface area (Å²) < 4.78 is 5.71. The summed E-state index contributed by atoms with van der Waals surface area (Å²) in [4.78, 5) is 10.5. The number of ether oxygens (including phenoxy) is 1. The van der Waals surface area contributed by atoms with E-state index in [1.807, 2.05) is 45.0 Å². The molecule has 4 heteroatoms. The molecule has 0 aliphatic heterocycles. The van der Waals surface area contributed by atoms with Crippen LogP contribution in [0.4, 0.5) is 0 Å². The van der Waals surface area contributed by atoms with Gasteiger partial charge in [0.05, 0.1) is 0 Å². The fourth-order valence-corrected chi connectivity index (χ4v) is 1.70. The smallest absolute Gasteiger partial charge is 0.332 e. The van der Waals surface area contributed by atoms with Gasteiger partial charge in [-0.25, -0.2) is 4.79 Å². The molecule has 106 valence electrons. The molecule has 1 aromatic carbocycles. The Morgan fingerprint density at radius 2 is 1.84 bits per heavy atom. The third-order valence-corrected chi connectivity index (χ3v) is 2.58. The van der Waals surface area contributed by atoms with Crippen molar-refractivity contribution in [1.82, 2.24) is 0 Å². The molecule has 0 aliphatic carbocycles. The maximum absolute atomic E-state index is 10.5. The van der Waals surface area contributed by atoms with E-state index >= 15 is 0 Å². The fourth-order valence-electron chi connectivity index (χ4n) is 1.70. The Kier molecular flexibility index (Phi) is 5.36. The standard InChI is InChI=1S/C15H22O4/c1-15(2,3)19-12-9-7-11(8-10-12)5-4-6-13(16)14(17)18/h7-10,13,16H,4-6H2,1-3H3,(H,17,18)/t13-/m0/s1.